The molecular weight excluding hydrogens is 350 g/mol. The number of rotatable bonds is 8. The van der Waals surface area contributed by atoms with E-state index in [1.165, 1.54) is 18.5 Å². The van der Waals surface area contributed by atoms with Crippen molar-refractivity contribution in [1.82, 2.24) is 24.4 Å². The molecule has 1 unspecified atom stereocenters. The van der Waals surface area contributed by atoms with E-state index in [9.17, 15) is 5.11 Å². The van der Waals surface area contributed by atoms with E-state index in [4.69, 9.17) is 4.98 Å². The number of phenolic OH excluding ortho intramolecular Hbond substituents is 1. The van der Waals surface area contributed by atoms with Gasteiger partial charge in [-0.2, -0.15) is 0 Å². The van der Waals surface area contributed by atoms with Gasteiger partial charge < -0.3 is 14.7 Å². The van der Waals surface area contributed by atoms with Crippen molar-refractivity contribution in [2.75, 3.05) is 13.1 Å². The molecule has 3 heterocycles. The van der Waals surface area contributed by atoms with Crippen LogP contribution < -0.4 is 0 Å². The highest BCUT2D eigenvalue weighted by atomic mass is 16.3. The molecule has 4 rings (SSSR count). The molecule has 1 aliphatic heterocycles. The number of imidazole rings is 2. The van der Waals surface area contributed by atoms with Crippen LogP contribution in [-0.2, 0) is 13.0 Å². The SMILES string of the molecule is CCCCC1c2nc(-c3ccccc3O)cn2CCN1CCCc1cnc[nH]1. The smallest absolute Gasteiger partial charge is 0.126 e. The first-order valence-corrected chi connectivity index (χ1v) is 10.3. The number of aromatic nitrogens is 4. The number of aryl methyl sites for hydroxylation is 1. The maximum Gasteiger partial charge on any atom is 0.126 e. The summed E-state index contributed by atoms with van der Waals surface area (Å²) in [6, 6.07) is 7.80. The van der Waals surface area contributed by atoms with Crippen molar-refractivity contribution in [2.45, 2.75) is 51.6 Å². The van der Waals surface area contributed by atoms with Crippen molar-refractivity contribution in [1.29, 1.82) is 0 Å². The Morgan fingerprint density at radius 3 is 2.89 bits per heavy atom. The molecule has 0 amide bonds. The van der Waals surface area contributed by atoms with Crippen LogP contribution in [-0.4, -0.2) is 42.6 Å². The second-order valence-electron chi connectivity index (χ2n) is 7.57. The van der Waals surface area contributed by atoms with Gasteiger partial charge in [0.15, 0.2) is 0 Å². The summed E-state index contributed by atoms with van der Waals surface area (Å²) in [6.07, 6.45) is 11.4. The number of nitrogens with zero attached hydrogens (tertiary/aromatic N) is 4. The number of fused-ring (bicyclic) bond motifs is 1. The summed E-state index contributed by atoms with van der Waals surface area (Å²) >= 11 is 0. The van der Waals surface area contributed by atoms with E-state index in [0.29, 0.717) is 11.8 Å². The second kappa shape index (κ2) is 8.61. The van der Waals surface area contributed by atoms with Crippen LogP contribution in [0, 0.1) is 0 Å². The summed E-state index contributed by atoms with van der Waals surface area (Å²) in [4.78, 5) is 14.9. The Kier molecular flexibility index (Phi) is 5.76. The van der Waals surface area contributed by atoms with Gasteiger partial charge in [0.25, 0.3) is 0 Å². The fraction of sp³-hybridized carbons (Fsp3) is 0.455. The number of unbranched alkanes of at least 4 members (excludes halogenated alkanes) is 1. The molecule has 0 fully saturated rings. The zero-order valence-electron chi connectivity index (χ0n) is 16.5. The van der Waals surface area contributed by atoms with Crippen molar-refractivity contribution >= 4 is 0 Å². The largest absolute Gasteiger partial charge is 0.507 e. The lowest BCUT2D eigenvalue weighted by Gasteiger charge is -2.36. The summed E-state index contributed by atoms with van der Waals surface area (Å²) in [7, 11) is 0. The van der Waals surface area contributed by atoms with E-state index < -0.39 is 0 Å². The van der Waals surface area contributed by atoms with Crippen LogP contribution in [0.25, 0.3) is 11.3 Å². The van der Waals surface area contributed by atoms with Crippen molar-refractivity contribution in [2.24, 2.45) is 0 Å². The number of hydrogen-bond acceptors (Lipinski definition) is 4. The van der Waals surface area contributed by atoms with Gasteiger partial charge in [-0.3, -0.25) is 4.90 Å². The number of para-hydroxylation sites is 1. The minimum absolute atomic E-state index is 0.291. The fourth-order valence-electron chi connectivity index (χ4n) is 4.12. The molecular formula is C22H29N5O. The molecule has 0 spiro atoms. The predicted octanol–water partition coefficient (Wildman–Crippen LogP) is 4.16. The Hall–Kier alpha value is -2.60. The molecule has 148 valence electrons. The Morgan fingerprint density at radius 2 is 2.11 bits per heavy atom. The summed E-state index contributed by atoms with van der Waals surface area (Å²) in [5.41, 5.74) is 2.88. The zero-order valence-corrected chi connectivity index (χ0v) is 16.5. The standard InChI is InChI=1S/C22H29N5O/c1-2-3-9-20-22-25-19(18-8-4-5-10-21(18)28)15-27(22)13-12-26(20)11-6-7-17-14-23-16-24-17/h4-5,8,10,14-16,20,28H,2-3,6-7,9,11-13H2,1H3,(H,23,24). The van der Waals surface area contributed by atoms with Crippen LogP contribution >= 0.6 is 0 Å². The highest BCUT2D eigenvalue weighted by molar-refractivity contribution is 5.66. The number of aromatic hydroxyl groups is 1. The average molecular weight is 380 g/mol. The Labute approximate surface area is 166 Å². The van der Waals surface area contributed by atoms with E-state index in [-0.39, 0.29) is 0 Å². The summed E-state index contributed by atoms with van der Waals surface area (Å²) in [5.74, 6) is 1.43. The van der Waals surface area contributed by atoms with Gasteiger partial charge in [-0.15, -0.1) is 0 Å². The van der Waals surface area contributed by atoms with Gasteiger partial charge in [0.2, 0.25) is 0 Å². The molecule has 28 heavy (non-hydrogen) atoms. The number of aromatic amines is 1. The summed E-state index contributed by atoms with van der Waals surface area (Å²) < 4.78 is 2.29. The first-order valence-electron chi connectivity index (χ1n) is 10.3. The van der Waals surface area contributed by atoms with E-state index >= 15 is 0 Å². The van der Waals surface area contributed by atoms with Crippen LogP contribution in [0.15, 0.2) is 43.0 Å². The zero-order chi connectivity index (χ0) is 19.3. The van der Waals surface area contributed by atoms with E-state index in [2.05, 4.69) is 32.6 Å². The first-order chi connectivity index (χ1) is 13.8. The number of hydrogen-bond donors (Lipinski definition) is 2. The molecule has 0 aliphatic carbocycles. The lowest BCUT2D eigenvalue weighted by atomic mass is 10.0. The van der Waals surface area contributed by atoms with E-state index in [1.807, 2.05) is 24.4 Å². The van der Waals surface area contributed by atoms with Crippen molar-refractivity contribution < 1.29 is 5.11 Å². The van der Waals surface area contributed by atoms with Gasteiger partial charge >= 0.3 is 0 Å². The molecule has 2 N–H and O–H groups in total. The Morgan fingerprint density at radius 1 is 1.21 bits per heavy atom. The molecule has 1 aromatic carbocycles. The Bertz CT molecular complexity index is 886. The number of benzene rings is 1. The van der Waals surface area contributed by atoms with E-state index in [1.54, 1.807) is 12.4 Å². The van der Waals surface area contributed by atoms with Gasteiger partial charge in [0.05, 0.1) is 18.1 Å². The quantitative estimate of drug-likeness (QED) is 0.617. The third kappa shape index (κ3) is 3.97. The molecule has 1 aliphatic rings. The molecule has 3 aromatic rings. The van der Waals surface area contributed by atoms with Crippen LogP contribution in [0.3, 0.4) is 0 Å². The molecule has 0 bridgehead atoms. The number of H-pyrrole nitrogens is 1. The van der Waals surface area contributed by atoms with Gasteiger partial charge in [-0.25, -0.2) is 9.97 Å². The maximum absolute atomic E-state index is 10.2. The highest BCUT2D eigenvalue weighted by Gasteiger charge is 2.29. The molecule has 0 radical (unpaired) electrons. The van der Waals surface area contributed by atoms with E-state index in [0.717, 1.165) is 56.0 Å². The molecule has 0 saturated heterocycles. The minimum Gasteiger partial charge on any atom is -0.507 e. The number of phenols is 1. The molecule has 1 atom stereocenters. The van der Waals surface area contributed by atoms with Crippen molar-refractivity contribution in [3.8, 4) is 17.0 Å². The normalized spacial score (nSPS) is 17.0. The summed E-state index contributed by atoms with van der Waals surface area (Å²) in [5, 5.41) is 10.2. The lowest BCUT2D eigenvalue weighted by Crippen LogP contribution is -2.39. The lowest BCUT2D eigenvalue weighted by molar-refractivity contribution is 0.140. The Balaban J connectivity index is 1.53. The van der Waals surface area contributed by atoms with Gasteiger partial charge in [-0.1, -0.05) is 31.9 Å². The third-order valence-corrected chi connectivity index (χ3v) is 5.63. The van der Waals surface area contributed by atoms with Gasteiger partial charge in [-0.05, 0) is 37.9 Å². The van der Waals surface area contributed by atoms with Crippen LogP contribution in [0.2, 0.25) is 0 Å². The van der Waals surface area contributed by atoms with Crippen LogP contribution in [0.4, 0.5) is 0 Å². The molecule has 2 aromatic heterocycles. The second-order valence-corrected chi connectivity index (χ2v) is 7.57. The van der Waals surface area contributed by atoms with Crippen molar-refractivity contribution in [3.63, 3.8) is 0 Å². The topological polar surface area (TPSA) is 70.0 Å². The van der Waals surface area contributed by atoms with Crippen molar-refractivity contribution in [3.05, 3.63) is 54.5 Å². The van der Waals surface area contributed by atoms with Crippen LogP contribution in [0.5, 0.6) is 5.75 Å². The van der Waals surface area contributed by atoms with Gasteiger partial charge in [0.1, 0.15) is 11.6 Å². The average Bonchev–Trinajstić information content (AvgIpc) is 3.37. The maximum atomic E-state index is 10.2. The number of nitrogens with one attached hydrogen (secondary N) is 1. The molecule has 6 nitrogen and oxygen atoms in total. The molecule has 0 saturated carbocycles. The van der Waals surface area contributed by atoms with Crippen LogP contribution in [0.1, 0.15) is 50.2 Å². The first kappa shape index (κ1) is 18.7. The van der Waals surface area contributed by atoms with Gasteiger partial charge in [0, 0.05) is 36.7 Å². The summed E-state index contributed by atoms with van der Waals surface area (Å²) in [6.45, 7) is 5.29. The fourth-order valence-corrected chi connectivity index (χ4v) is 4.12. The molecule has 6 heteroatoms. The minimum atomic E-state index is 0.291. The highest BCUT2D eigenvalue weighted by Crippen LogP contribution is 2.34. The predicted molar refractivity (Wildman–Crippen MR) is 110 cm³/mol. The monoisotopic (exact) mass is 379 g/mol. The third-order valence-electron chi connectivity index (χ3n) is 5.63.